The second kappa shape index (κ2) is 6.37. The molecule has 2 heterocycles. The van der Waals surface area contributed by atoms with Gasteiger partial charge in [-0.3, -0.25) is 9.88 Å². The highest BCUT2D eigenvalue weighted by molar-refractivity contribution is 5.63. The highest BCUT2D eigenvalue weighted by Crippen LogP contribution is 2.27. The van der Waals surface area contributed by atoms with Crippen molar-refractivity contribution in [3.05, 3.63) is 53.9 Å². The molecule has 1 aromatic carbocycles. The fourth-order valence-corrected chi connectivity index (χ4v) is 3.04. The van der Waals surface area contributed by atoms with Crippen molar-refractivity contribution in [2.75, 3.05) is 13.1 Å². The number of nitrogens with zero attached hydrogens (tertiary/aromatic N) is 2. The Morgan fingerprint density at radius 1 is 1.10 bits per heavy atom. The van der Waals surface area contributed by atoms with Crippen molar-refractivity contribution in [1.29, 1.82) is 0 Å². The molecule has 3 nitrogen and oxygen atoms in total. The smallest absolute Gasteiger partial charge is 0.0853 e. The number of aromatic nitrogens is 1. The standard InChI is InChI=1S/C18H22N2O/c1-14(20-10-2-3-11-20)15-4-6-16(7-5-15)17-8-9-19-18(12-17)13-21/h4-9,12,14,21H,2-3,10-11,13H2,1H3/t14-/m0/s1. The van der Waals surface area contributed by atoms with E-state index in [0.717, 1.165) is 5.56 Å². The molecule has 3 rings (SSSR count). The van der Waals surface area contributed by atoms with Gasteiger partial charge in [0, 0.05) is 12.2 Å². The van der Waals surface area contributed by atoms with Crippen molar-refractivity contribution >= 4 is 0 Å². The Morgan fingerprint density at radius 2 is 1.81 bits per heavy atom. The fourth-order valence-electron chi connectivity index (χ4n) is 3.04. The third kappa shape index (κ3) is 3.14. The lowest BCUT2D eigenvalue weighted by Crippen LogP contribution is -2.23. The van der Waals surface area contributed by atoms with E-state index in [-0.39, 0.29) is 6.61 Å². The number of aliphatic hydroxyl groups is 1. The van der Waals surface area contributed by atoms with E-state index in [0.29, 0.717) is 11.7 Å². The molecule has 0 unspecified atom stereocenters. The highest BCUT2D eigenvalue weighted by atomic mass is 16.3. The van der Waals surface area contributed by atoms with Crippen molar-refractivity contribution in [2.24, 2.45) is 0 Å². The van der Waals surface area contributed by atoms with Crippen LogP contribution in [0.4, 0.5) is 0 Å². The summed E-state index contributed by atoms with van der Waals surface area (Å²) >= 11 is 0. The number of benzene rings is 1. The zero-order valence-electron chi connectivity index (χ0n) is 12.5. The number of aliphatic hydroxyl groups excluding tert-OH is 1. The van der Waals surface area contributed by atoms with Crippen LogP contribution >= 0.6 is 0 Å². The quantitative estimate of drug-likeness (QED) is 0.933. The van der Waals surface area contributed by atoms with Crippen LogP contribution in [-0.2, 0) is 6.61 Å². The minimum atomic E-state index is -0.0160. The molecule has 1 aliphatic rings. The van der Waals surface area contributed by atoms with Gasteiger partial charge in [-0.25, -0.2) is 0 Å². The lowest BCUT2D eigenvalue weighted by atomic mass is 10.0. The van der Waals surface area contributed by atoms with Gasteiger partial charge in [-0.05, 0) is 61.7 Å². The van der Waals surface area contributed by atoms with E-state index in [1.165, 1.54) is 37.1 Å². The maximum Gasteiger partial charge on any atom is 0.0853 e. The van der Waals surface area contributed by atoms with Crippen LogP contribution < -0.4 is 0 Å². The van der Waals surface area contributed by atoms with Gasteiger partial charge in [-0.2, -0.15) is 0 Å². The first kappa shape index (κ1) is 14.2. The molecule has 3 heteroatoms. The lowest BCUT2D eigenvalue weighted by Gasteiger charge is -2.24. The summed E-state index contributed by atoms with van der Waals surface area (Å²) in [5.74, 6) is 0. The predicted octanol–water partition coefficient (Wildman–Crippen LogP) is 3.40. The molecule has 0 aliphatic carbocycles. The van der Waals surface area contributed by atoms with Crippen LogP contribution in [0, 0.1) is 0 Å². The topological polar surface area (TPSA) is 36.4 Å². The Hall–Kier alpha value is -1.71. The molecule has 1 fully saturated rings. The summed E-state index contributed by atoms with van der Waals surface area (Å²) in [6, 6.07) is 13.2. The molecule has 0 saturated carbocycles. The van der Waals surface area contributed by atoms with Crippen LogP contribution in [0.2, 0.25) is 0 Å². The number of rotatable bonds is 4. The first-order valence-electron chi connectivity index (χ1n) is 7.68. The summed E-state index contributed by atoms with van der Waals surface area (Å²) in [7, 11) is 0. The molecule has 0 amide bonds. The molecule has 1 aliphatic heterocycles. The molecule has 1 atom stereocenters. The molecular formula is C18H22N2O. The van der Waals surface area contributed by atoms with Crippen LogP contribution in [0.3, 0.4) is 0 Å². The van der Waals surface area contributed by atoms with Gasteiger partial charge in [-0.15, -0.1) is 0 Å². The molecule has 1 aromatic heterocycles. The van der Waals surface area contributed by atoms with E-state index in [2.05, 4.69) is 41.1 Å². The molecule has 110 valence electrons. The number of likely N-dealkylation sites (tertiary alicyclic amines) is 1. The molecule has 1 N–H and O–H groups in total. The van der Waals surface area contributed by atoms with Crippen molar-refractivity contribution < 1.29 is 5.11 Å². The van der Waals surface area contributed by atoms with Crippen LogP contribution in [0.15, 0.2) is 42.6 Å². The normalized spacial score (nSPS) is 17.0. The van der Waals surface area contributed by atoms with Crippen LogP contribution in [0.25, 0.3) is 11.1 Å². The zero-order valence-corrected chi connectivity index (χ0v) is 12.5. The molecule has 0 spiro atoms. The van der Waals surface area contributed by atoms with E-state index >= 15 is 0 Å². The monoisotopic (exact) mass is 282 g/mol. The maximum atomic E-state index is 9.18. The zero-order chi connectivity index (χ0) is 14.7. The van der Waals surface area contributed by atoms with Crippen molar-refractivity contribution in [3.63, 3.8) is 0 Å². The van der Waals surface area contributed by atoms with Gasteiger partial charge in [-0.1, -0.05) is 24.3 Å². The van der Waals surface area contributed by atoms with Crippen LogP contribution in [0.1, 0.15) is 37.1 Å². The first-order chi connectivity index (χ1) is 10.3. The SMILES string of the molecule is C[C@@H](c1ccc(-c2ccnc(CO)c2)cc1)N1CCCC1. The van der Waals surface area contributed by atoms with Gasteiger partial charge in [0.05, 0.1) is 12.3 Å². The van der Waals surface area contributed by atoms with E-state index in [4.69, 9.17) is 0 Å². The summed E-state index contributed by atoms with van der Waals surface area (Å²) in [4.78, 5) is 6.67. The third-order valence-electron chi connectivity index (χ3n) is 4.39. The maximum absolute atomic E-state index is 9.18. The lowest BCUT2D eigenvalue weighted by molar-refractivity contribution is 0.263. The van der Waals surface area contributed by atoms with Gasteiger partial charge in [0.2, 0.25) is 0 Å². The Bertz CT molecular complexity index is 588. The van der Waals surface area contributed by atoms with Crippen LogP contribution in [-0.4, -0.2) is 28.1 Å². The van der Waals surface area contributed by atoms with Gasteiger partial charge in [0.25, 0.3) is 0 Å². The Morgan fingerprint density at radius 3 is 2.48 bits per heavy atom. The van der Waals surface area contributed by atoms with Crippen molar-refractivity contribution in [2.45, 2.75) is 32.4 Å². The third-order valence-corrected chi connectivity index (χ3v) is 4.39. The largest absolute Gasteiger partial charge is 0.390 e. The summed E-state index contributed by atoms with van der Waals surface area (Å²) < 4.78 is 0. The van der Waals surface area contributed by atoms with Crippen LogP contribution in [0.5, 0.6) is 0 Å². The van der Waals surface area contributed by atoms with Crippen molar-refractivity contribution in [1.82, 2.24) is 9.88 Å². The van der Waals surface area contributed by atoms with E-state index in [1.807, 2.05) is 12.1 Å². The highest BCUT2D eigenvalue weighted by Gasteiger charge is 2.19. The number of hydrogen-bond donors (Lipinski definition) is 1. The summed E-state index contributed by atoms with van der Waals surface area (Å²) in [5, 5.41) is 9.18. The second-order valence-corrected chi connectivity index (χ2v) is 5.74. The summed E-state index contributed by atoms with van der Waals surface area (Å²) in [6.45, 7) is 4.70. The summed E-state index contributed by atoms with van der Waals surface area (Å²) in [5.41, 5.74) is 4.36. The minimum Gasteiger partial charge on any atom is -0.390 e. The average Bonchev–Trinajstić information content (AvgIpc) is 3.09. The van der Waals surface area contributed by atoms with E-state index < -0.39 is 0 Å². The van der Waals surface area contributed by atoms with E-state index in [1.54, 1.807) is 6.20 Å². The van der Waals surface area contributed by atoms with Gasteiger partial charge in [0.1, 0.15) is 0 Å². The van der Waals surface area contributed by atoms with E-state index in [9.17, 15) is 5.11 Å². The molecule has 21 heavy (non-hydrogen) atoms. The van der Waals surface area contributed by atoms with Crippen molar-refractivity contribution in [3.8, 4) is 11.1 Å². The first-order valence-corrected chi connectivity index (χ1v) is 7.68. The van der Waals surface area contributed by atoms with Gasteiger partial charge in [0.15, 0.2) is 0 Å². The summed E-state index contributed by atoms with van der Waals surface area (Å²) in [6.07, 6.45) is 4.40. The molecule has 2 aromatic rings. The minimum absolute atomic E-state index is 0.0160. The fraction of sp³-hybridized carbons (Fsp3) is 0.389. The van der Waals surface area contributed by atoms with Gasteiger partial charge >= 0.3 is 0 Å². The molecule has 0 radical (unpaired) electrons. The number of hydrogen-bond acceptors (Lipinski definition) is 3. The molecule has 0 bridgehead atoms. The average molecular weight is 282 g/mol. The van der Waals surface area contributed by atoms with Gasteiger partial charge < -0.3 is 5.11 Å². The Kier molecular flexibility index (Phi) is 4.32. The molecular weight excluding hydrogens is 260 g/mol. The predicted molar refractivity (Wildman–Crippen MR) is 84.8 cm³/mol. The second-order valence-electron chi connectivity index (χ2n) is 5.74. The Labute approximate surface area is 126 Å². The number of pyridine rings is 1. The Balaban J connectivity index is 1.79. The molecule has 1 saturated heterocycles.